The second kappa shape index (κ2) is 3.46. The molecular weight excluding hydrogens is 259 g/mol. The van der Waals surface area contributed by atoms with E-state index in [0.29, 0.717) is 3.83 Å². The van der Waals surface area contributed by atoms with Crippen LogP contribution < -0.4 is 5.73 Å². The maximum Gasteiger partial charge on any atom is 0.242 e. The summed E-state index contributed by atoms with van der Waals surface area (Å²) >= 11 is 1.96. The molecule has 0 aromatic carbocycles. The first-order chi connectivity index (χ1) is 5.18. The van der Waals surface area contributed by atoms with E-state index in [1.165, 1.54) is 23.3 Å². The minimum absolute atomic E-state index is 0.504. The Morgan fingerprint density at radius 3 is 3.00 bits per heavy atom. The predicted octanol–water partition coefficient (Wildman–Crippen LogP) is -0.161. The van der Waals surface area contributed by atoms with E-state index < -0.39 is 5.91 Å². The Balaban J connectivity index is 2.71. The number of carbonyl (C=O) groups is 1. The molecule has 0 radical (unpaired) electrons. The number of amides is 1. The van der Waals surface area contributed by atoms with Crippen molar-refractivity contribution in [3.8, 4) is 0 Å². The van der Waals surface area contributed by atoms with Gasteiger partial charge in [0, 0.05) is 34.9 Å². The Morgan fingerprint density at radius 1 is 1.82 bits per heavy atom. The number of nitrogens with two attached hydrogens (primary N) is 1. The van der Waals surface area contributed by atoms with Crippen molar-refractivity contribution in [3.63, 3.8) is 0 Å². The van der Waals surface area contributed by atoms with Crippen LogP contribution in [0.3, 0.4) is 0 Å². The summed E-state index contributed by atoms with van der Waals surface area (Å²) in [4.78, 5) is 14.1. The molecule has 1 aromatic heterocycles. The fourth-order valence-corrected chi connectivity index (χ4v) is 0.849. The van der Waals surface area contributed by atoms with Crippen LogP contribution in [0.25, 0.3) is 6.20 Å². The van der Waals surface area contributed by atoms with E-state index in [2.05, 4.69) is 10.1 Å². The molecule has 58 valence electrons. The van der Waals surface area contributed by atoms with Crippen molar-refractivity contribution in [1.29, 1.82) is 0 Å². The van der Waals surface area contributed by atoms with E-state index in [1.54, 1.807) is 0 Å². The molecule has 1 amide bonds. The molecule has 0 spiro atoms. The second-order valence-corrected chi connectivity index (χ2v) is 2.68. The zero-order valence-electron chi connectivity index (χ0n) is 5.44. The lowest BCUT2D eigenvalue weighted by Crippen LogP contribution is -2.06. The lowest BCUT2D eigenvalue weighted by Gasteiger charge is -1.84. The van der Waals surface area contributed by atoms with Crippen molar-refractivity contribution in [2.24, 2.45) is 5.73 Å². The number of nitrogens with zero attached hydrogens (tertiary/aromatic N) is 3. The predicted molar refractivity (Wildman–Crippen MR) is 47.3 cm³/mol. The van der Waals surface area contributed by atoms with Crippen molar-refractivity contribution < 1.29 is 4.79 Å². The van der Waals surface area contributed by atoms with Gasteiger partial charge in [-0.1, -0.05) is 0 Å². The van der Waals surface area contributed by atoms with Gasteiger partial charge in [0.05, 0.1) is 0 Å². The summed E-state index contributed by atoms with van der Waals surface area (Å²) in [6.07, 6.45) is 4.14. The maximum absolute atomic E-state index is 10.3. The minimum Gasteiger partial charge on any atom is -0.366 e. The summed E-state index contributed by atoms with van der Waals surface area (Å²) < 4.78 is 2.03. The van der Waals surface area contributed by atoms with Gasteiger partial charge in [0.15, 0.2) is 0 Å². The van der Waals surface area contributed by atoms with Crippen LogP contribution in [0.4, 0.5) is 0 Å². The Morgan fingerprint density at radius 2 is 2.55 bits per heavy atom. The summed E-state index contributed by atoms with van der Waals surface area (Å²) in [5.41, 5.74) is 4.86. The topological polar surface area (TPSA) is 73.8 Å². The van der Waals surface area contributed by atoms with Gasteiger partial charge in [-0.3, -0.25) is 4.79 Å². The molecule has 0 fully saturated rings. The lowest BCUT2D eigenvalue weighted by atomic mass is 10.6. The first kappa shape index (κ1) is 8.18. The molecule has 1 aromatic rings. The van der Waals surface area contributed by atoms with E-state index in [-0.39, 0.29) is 0 Å². The van der Waals surface area contributed by atoms with Gasteiger partial charge in [-0.2, -0.15) is 0 Å². The maximum atomic E-state index is 10.3. The van der Waals surface area contributed by atoms with E-state index in [1.807, 2.05) is 22.6 Å². The molecule has 6 heteroatoms. The number of hydrogen-bond donors (Lipinski definition) is 1. The van der Waals surface area contributed by atoms with Crippen LogP contribution in [-0.2, 0) is 4.79 Å². The summed E-state index contributed by atoms with van der Waals surface area (Å²) in [6.45, 7) is 0. The normalized spacial score (nSPS) is 10.6. The van der Waals surface area contributed by atoms with E-state index in [9.17, 15) is 4.79 Å². The highest BCUT2D eigenvalue weighted by Crippen LogP contribution is 1.93. The molecule has 0 atom stereocenters. The lowest BCUT2D eigenvalue weighted by molar-refractivity contribution is -0.113. The van der Waals surface area contributed by atoms with Crippen LogP contribution in [0.5, 0.6) is 0 Å². The van der Waals surface area contributed by atoms with Crippen molar-refractivity contribution in [2.75, 3.05) is 0 Å². The SMILES string of the molecule is NC(=O)/C=C/n1cnc(I)n1. The summed E-state index contributed by atoms with van der Waals surface area (Å²) in [7, 11) is 0. The van der Waals surface area contributed by atoms with Crippen molar-refractivity contribution in [1.82, 2.24) is 14.8 Å². The minimum atomic E-state index is -0.504. The van der Waals surface area contributed by atoms with Gasteiger partial charge in [0.2, 0.25) is 9.74 Å². The average molecular weight is 264 g/mol. The third-order valence-corrected chi connectivity index (χ3v) is 1.37. The Bertz CT molecular complexity index is 292. The summed E-state index contributed by atoms with van der Waals surface area (Å²) in [5, 5.41) is 3.88. The molecule has 0 saturated carbocycles. The van der Waals surface area contributed by atoms with Crippen LogP contribution in [-0.4, -0.2) is 20.7 Å². The Labute approximate surface area is 76.4 Å². The highest BCUT2D eigenvalue weighted by atomic mass is 127. The van der Waals surface area contributed by atoms with Crippen molar-refractivity contribution in [3.05, 3.63) is 16.2 Å². The number of rotatable bonds is 2. The second-order valence-electron chi connectivity index (χ2n) is 1.71. The zero-order chi connectivity index (χ0) is 8.27. The van der Waals surface area contributed by atoms with Crippen LogP contribution in [0.1, 0.15) is 0 Å². The van der Waals surface area contributed by atoms with Crippen LogP contribution in [0.2, 0.25) is 0 Å². The molecule has 11 heavy (non-hydrogen) atoms. The molecule has 1 rings (SSSR count). The monoisotopic (exact) mass is 264 g/mol. The van der Waals surface area contributed by atoms with Crippen LogP contribution in [0, 0.1) is 3.83 Å². The van der Waals surface area contributed by atoms with Crippen LogP contribution in [0.15, 0.2) is 12.4 Å². The average Bonchev–Trinajstić information content (AvgIpc) is 2.31. The fourth-order valence-electron chi connectivity index (χ4n) is 0.475. The standard InChI is InChI=1S/C5H5IN4O/c6-5-8-3-10(9-5)2-1-4(7)11/h1-3H,(H2,7,11)/b2-1+. The molecule has 5 nitrogen and oxygen atoms in total. The first-order valence-corrected chi connectivity index (χ1v) is 3.80. The quantitative estimate of drug-likeness (QED) is 0.595. The van der Waals surface area contributed by atoms with Gasteiger partial charge < -0.3 is 5.73 Å². The van der Waals surface area contributed by atoms with E-state index in [4.69, 9.17) is 5.73 Å². The van der Waals surface area contributed by atoms with Crippen molar-refractivity contribution in [2.45, 2.75) is 0 Å². The molecule has 0 aliphatic heterocycles. The molecule has 2 N–H and O–H groups in total. The van der Waals surface area contributed by atoms with E-state index >= 15 is 0 Å². The fraction of sp³-hybridized carbons (Fsp3) is 0. The smallest absolute Gasteiger partial charge is 0.242 e. The zero-order valence-corrected chi connectivity index (χ0v) is 7.59. The number of aromatic nitrogens is 3. The van der Waals surface area contributed by atoms with Gasteiger partial charge in [-0.25, -0.2) is 9.67 Å². The number of carbonyl (C=O) groups excluding carboxylic acids is 1. The molecule has 0 aliphatic rings. The summed E-state index contributed by atoms with van der Waals surface area (Å²) in [6, 6.07) is 0. The van der Waals surface area contributed by atoms with Crippen LogP contribution >= 0.6 is 22.6 Å². The number of primary amides is 1. The van der Waals surface area contributed by atoms with Gasteiger partial charge in [0.1, 0.15) is 6.33 Å². The van der Waals surface area contributed by atoms with Crippen molar-refractivity contribution >= 4 is 34.7 Å². The van der Waals surface area contributed by atoms with Gasteiger partial charge in [-0.05, 0) is 0 Å². The molecule has 0 saturated heterocycles. The highest BCUT2D eigenvalue weighted by molar-refractivity contribution is 14.1. The Hall–Kier alpha value is -0.920. The third kappa shape index (κ3) is 2.66. The third-order valence-electron chi connectivity index (χ3n) is 0.872. The Kier molecular flexibility index (Phi) is 2.58. The highest BCUT2D eigenvalue weighted by Gasteiger charge is 1.91. The molecule has 0 aliphatic carbocycles. The summed E-state index contributed by atoms with van der Waals surface area (Å²) in [5.74, 6) is -0.504. The van der Waals surface area contributed by atoms with Gasteiger partial charge >= 0.3 is 0 Å². The number of halogens is 1. The number of hydrogen-bond acceptors (Lipinski definition) is 3. The molecule has 0 bridgehead atoms. The van der Waals surface area contributed by atoms with E-state index in [0.717, 1.165) is 0 Å². The largest absolute Gasteiger partial charge is 0.366 e. The first-order valence-electron chi connectivity index (χ1n) is 2.73. The van der Waals surface area contributed by atoms with Gasteiger partial charge in [-0.15, -0.1) is 5.10 Å². The molecule has 1 heterocycles. The van der Waals surface area contributed by atoms with Gasteiger partial charge in [0.25, 0.3) is 0 Å². The molecule has 0 unspecified atom stereocenters. The molecular formula is C5H5IN4O.